The van der Waals surface area contributed by atoms with Crippen molar-refractivity contribution in [3.05, 3.63) is 88.4 Å². The first-order valence-electron chi connectivity index (χ1n) is 13.2. The summed E-state index contributed by atoms with van der Waals surface area (Å²) in [5.74, 6) is 6.02. The number of esters is 1. The van der Waals surface area contributed by atoms with Crippen LogP contribution in [0.3, 0.4) is 0 Å². The van der Waals surface area contributed by atoms with E-state index in [9.17, 15) is 9.90 Å². The number of ether oxygens (including phenoxy) is 3. The van der Waals surface area contributed by atoms with E-state index in [1.165, 1.54) is 14.2 Å². The largest absolute Gasteiger partial charge is 0.498 e. The Morgan fingerprint density at radius 2 is 1.80 bits per heavy atom. The Morgan fingerprint density at radius 3 is 2.39 bits per heavy atom. The van der Waals surface area contributed by atoms with E-state index in [0.29, 0.717) is 35.9 Å². The molecule has 0 bridgehead atoms. The molecule has 3 aromatic rings. The Bertz CT molecular complexity index is 1430. The number of nitrogens with two attached hydrogens (primary N) is 1. The molecular formula is C30H38N6O5. The van der Waals surface area contributed by atoms with Gasteiger partial charge in [0.05, 0.1) is 14.2 Å². The van der Waals surface area contributed by atoms with Crippen molar-refractivity contribution >= 4 is 11.8 Å². The number of hydrogen-bond donors (Lipinski definition) is 3. The van der Waals surface area contributed by atoms with Gasteiger partial charge in [-0.3, -0.25) is 5.41 Å². The monoisotopic (exact) mass is 562 g/mol. The number of nitrogens with one attached hydrogen (secondary N) is 1. The highest BCUT2D eigenvalue weighted by Gasteiger charge is 2.32. The predicted octanol–water partition coefficient (Wildman–Crippen LogP) is 5.11. The third-order valence-corrected chi connectivity index (χ3v) is 6.52. The van der Waals surface area contributed by atoms with Gasteiger partial charge in [-0.1, -0.05) is 60.7 Å². The topological polar surface area (TPSA) is 157 Å². The number of benzene rings is 2. The lowest BCUT2D eigenvalue weighted by Crippen LogP contribution is -2.24. The third-order valence-electron chi connectivity index (χ3n) is 6.52. The van der Waals surface area contributed by atoms with Crippen LogP contribution in [-0.2, 0) is 32.8 Å². The molecule has 2 aromatic carbocycles. The first-order chi connectivity index (χ1) is 19.5. The maximum atomic E-state index is 13.5. The Balaban J connectivity index is 2.02. The Kier molecular flexibility index (Phi) is 10.4. The summed E-state index contributed by atoms with van der Waals surface area (Å²) in [6.07, 6.45) is 1.40. The molecule has 0 aliphatic carbocycles. The number of hydrogen-bond acceptors (Lipinski definition) is 8. The molecule has 0 aliphatic heterocycles. The second-order valence-electron chi connectivity index (χ2n) is 9.89. The lowest BCUT2D eigenvalue weighted by Gasteiger charge is -2.18. The van der Waals surface area contributed by atoms with E-state index in [4.69, 9.17) is 30.4 Å². The minimum absolute atomic E-state index is 0.0377. The fourth-order valence-corrected chi connectivity index (χ4v) is 4.36. The van der Waals surface area contributed by atoms with Crippen LogP contribution in [0.2, 0.25) is 0 Å². The number of amidine groups is 1. The standard InChI is InChI=1S/C30H38N6O5/c1-7-10-25-33-27(30(3,4)38)26(29(37)41-18-24(40-6)19(2)39-5)36(25)17-20-13-15-21(16-14-20)22-11-8-9-12-23(22)28(31)34-35-32/h8-9,11-16,38H,7,10,17-18H2,1-6H3,(H3,31,32,34)/b24-19-. The molecular weight excluding hydrogens is 524 g/mol. The number of methoxy groups -OCH3 is 2. The van der Waals surface area contributed by atoms with Crippen molar-refractivity contribution in [1.29, 1.82) is 5.41 Å². The van der Waals surface area contributed by atoms with Gasteiger partial charge in [-0.25, -0.2) is 9.78 Å². The molecule has 0 amide bonds. The van der Waals surface area contributed by atoms with Crippen molar-refractivity contribution in [3.63, 3.8) is 0 Å². The van der Waals surface area contributed by atoms with Crippen LogP contribution < -0.4 is 5.84 Å². The lowest BCUT2D eigenvalue weighted by atomic mass is 9.98. The van der Waals surface area contributed by atoms with Crippen molar-refractivity contribution in [2.45, 2.75) is 52.7 Å². The molecule has 1 heterocycles. The number of nitrogens with zero attached hydrogens (tertiary/aromatic N) is 4. The van der Waals surface area contributed by atoms with E-state index in [1.54, 1.807) is 31.4 Å². The molecule has 0 unspecified atom stereocenters. The molecule has 0 radical (unpaired) electrons. The van der Waals surface area contributed by atoms with E-state index < -0.39 is 11.6 Å². The summed E-state index contributed by atoms with van der Waals surface area (Å²) in [5, 5.41) is 26.0. The second kappa shape index (κ2) is 13.7. The second-order valence-corrected chi connectivity index (χ2v) is 9.89. The molecule has 4 N–H and O–H groups in total. The van der Waals surface area contributed by atoms with Crippen LogP contribution >= 0.6 is 0 Å². The molecule has 11 nitrogen and oxygen atoms in total. The van der Waals surface area contributed by atoms with E-state index in [2.05, 4.69) is 10.3 Å². The zero-order valence-corrected chi connectivity index (χ0v) is 24.4. The average molecular weight is 563 g/mol. The van der Waals surface area contributed by atoms with Gasteiger partial charge < -0.3 is 29.7 Å². The average Bonchev–Trinajstić information content (AvgIpc) is 3.32. The molecule has 11 heteroatoms. The Morgan fingerprint density at radius 1 is 1.12 bits per heavy atom. The van der Waals surface area contributed by atoms with Gasteiger partial charge in [0.15, 0.2) is 23.9 Å². The van der Waals surface area contributed by atoms with Crippen LogP contribution in [0.5, 0.6) is 0 Å². The first-order valence-corrected chi connectivity index (χ1v) is 13.2. The maximum absolute atomic E-state index is 13.5. The van der Waals surface area contributed by atoms with Gasteiger partial charge in [-0.05, 0) is 43.9 Å². The molecule has 41 heavy (non-hydrogen) atoms. The van der Waals surface area contributed by atoms with Gasteiger partial charge >= 0.3 is 5.97 Å². The number of aromatic nitrogens is 2. The summed E-state index contributed by atoms with van der Waals surface area (Å²) in [6, 6.07) is 15.2. The van der Waals surface area contributed by atoms with Crippen molar-refractivity contribution in [1.82, 2.24) is 9.55 Å². The number of carbonyl (C=O) groups is 1. The van der Waals surface area contributed by atoms with Gasteiger partial charge in [-0.2, -0.15) is 0 Å². The number of imidazole rings is 1. The smallest absolute Gasteiger partial charge is 0.357 e. The number of allylic oxidation sites excluding steroid dienone is 1. The van der Waals surface area contributed by atoms with Crippen LogP contribution in [0.15, 0.2) is 70.4 Å². The first kappa shape index (κ1) is 31.0. The van der Waals surface area contributed by atoms with E-state index in [0.717, 1.165) is 23.1 Å². The third kappa shape index (κ3) is 7.37. The highest BCUT2D eigenvalue weighted by atomic mass is 16.6. The van der Waals surface area contributed by atoms with Crippen molar-refractivity contribution in [2.24, 2.45) is 16.2 Å². The van der Waals surface area contributed by atoms with Gasteiger partial charge in [0.25, 0.3) is 0 Å². The fourth-order valence-electron chi connectivity index (χ4n) is 4.36. The molecule has 0 spiro atoms. The van der Waals surface area contributed by atoms with Crippen LogP contribution in [0.1, 0.15) is 67.2 Å². The lowest BCUT2D eigenvalue weighted by molar-refractivity contribution is 0.0420. The van der Waals surface area contributed by atoms with Gasteiger partial charge in [-0.15, -0.1) is 5.11 Å². The fraction of sp³-hybridized carbons (Fsp3) is 0.367. The molecule has 3 rings (SSSR count). The van der Waals surface area contributed by atoms with Crippen LogP contribution in [0.4, 0.5) is 0 Å². The molecule has 0 saturated carbocycles. The normalized spacial score (nSPS) is 12.3. The summed E-state index contributed by atoms with van der Waals surface area (Å²) in [4.78, 5) is 18.2. The summed E-state index contributed by atoms with van der Waals surface area (Å²) >= 11 is 0. The van der Waals surface area contributed by atoms with E-state index in [-0.39, 0.29) is 23.8 Å². The van der Waals surface area contributed by atoms with Gasteiger partial charge in [0.2, 0.25) is 0 Å². The molecule has 0 aliphatic rings. The zero-order valence-electron chi connectivity index (χ0n) is 24.4. The summed E-state index contributed by atoms with van der Waals surface area (Å²) < 4.78 is 18.0. The molecule has 1 aromatic heterocycles. The van der Waals surface area contributed by atoms with Crippen LogP contribution in [-0.4, -0.2) is 47.3 Å². The van der Waals surface area contributed by atoms with Gasteiger partial charge in [0, 0.05) is 18.5 Å². The molecule has 0 fully saturated rings. The minimum Gasteiger partial charge on any atom is -0.498 e. The minimum atomic E-state index is -1.39. The summed E-state index contributed by atoms with van der Waals surface area (Å²) in [5.41, 5.74) is 2.24. The summed E-state index contributed by atoms with van der Waals surface area (Å²) in [7, 11) is 2.98. The quantitative estimate of drug-likeness (QED) is 0.0526. The predicted molar refractivity (Wildman–Crippen MR) is 155 cm³/mol. The van der Waals surface area contributed by atoms with Crippen LogP contribution in [0, 0.1) is 5.41 Å². The molecule has 218 valence electrons. The highest BCUT2D eigenvalue weighted by molar-refractivity contribution is 6.02. The van der Waals surface area contributed by atoms with E-state index >= 15 is 0 Å². The number of aliphatic hydroxyl groups is 1. The molecule has 0 atom stereocenters. The van der Waals surface area contributed by atoms with E-state index in [1.807, 2.05) is 49.4 Å². The zero-order chi connectivity index (χ0) is 30.2. The Hall–Kier alpha value is -4.51. The van der Waals surface area contributed by atoms with Crippen molar-refractivity contribution in [3.8, 4) is 11.1 Å². The Labute approximate surface area is 240 Å². The number of carbonyl (C=O) groups excluding carboxylic acids is 1. The number of rotatable bonds is 12. The van der Waals surface area contributed by atoms with Crippen molar-refractivity contribution in [2.75, 3.05) is 20.8 Å². The van der Waals surface area contributed by atoms with Crippen LogP contribution in [0.25, 0.3) is 11.1 Å². The number of aryl methyl sites for hydroxylation is 1. The highest BCUT2D eigenvalue weighted by Crippen LogP contribution is 2.29. The maximum Gasteiger partial charge on any atom is 0.357 e. The van der Waals surface area contributed by atoms with Crippen molar-refractivity contribution < 1.29 is 24.1 Å². The van der Waals surface area contributed by atoms with Gasteiger partial charge in [0.1, 0.15) is 22.9 Å². The summed E-state index contributed by atoms with van der Waals surface area (Å²) in [6.45, 7) is 7.11. The SMILES string of the molecule is CCCc1nc(C(C)(C)O)c(C(=O)OC/C(OC)=C(\C)OC)n1Cc1ccc(-c2ccccc2C(=N)N=NN)cc1. The molecule has 0 saturated heterocycles.